The Morgan fingerprint density at radius 2 is 2.26 bits per heavy atom. The summed E-state index contributed by atoms with van der Waals surface area (Å²) in [7, 11) is -3.45. The molecule has 3 aromatic rings. The van der Waals surface area contributed by atoms with Gasteiger partial charge in [-0.05, 0) is 47.1 Å². The quantitative estimate of drug-likeness (QED) is 0.408. The Morgan fingerprint density at radius 3 is 2.97 bits per heavy atom. The number of benzene rings is 1. The van der Waals surface area contributed by atoms with Crippen molar-refractivity contribution in [1.82, 2.24) is 19.2 Å². The summed E-state index contributed by atoms with van der Waals surface area (Å²) in [6.07, 6.45) is 3.18. The van der Waals surface area contributed by atoms with Gasteiger partial charge in [-0.1, -0.05) is 10.8 Å². The minimum absolute atomic E-state index is 0.00877. The van der Waals surface area contributed by atoms with Crippen molar-refractivity contribution < 1.29 is 23.5 Å². The number of nitrogens with zero attached hydrogens (tertiary/aromatic N) is 4. The van der Waals surface area contributed by atoms with Crippen LogP contribution in [0.15, 0.2) is 40.2 Å². The van der Waals surface area contributed by atoms with E-state index in [2.05, 4.69) is 16.4 Å². The van der Waals surface area contributed by atoms with Gasteiger partial charge in [0.1, 0.15) is 5.39 Å². The van der Waals surface area contributed by atoms with Crippen LogP contribution >= 0.6 is 10.8 Å². The smallest absolute Gasteiger partial charge is 0.324 e. The van der Waals surface area contributed by atoms with Crippen molar-refractivity contribution in [2.75, 3.05) is 18.5 Å². The van der Waals surface area contributed by atoms with E-state index in [1.807, 2.05) is 0 Å². The summed E-state index contributed by atoms with van der Waals surface area (Å²) in [5.74, 6) is -0.364. The Balaban J connectivity index is 1.55. The number of H-pyrrole nitrogens is 1. The summed E-state index contributed by atoms with van der Waals surface area (Å²) >= 11 is 0. The lowest BCUT2D eigenvalue weighted by Gasteiger charge is -2.35. The normalized spacial score (nSPS) is 22.3. The largest absolute Gasteiger partial charge is 0.379 e. The lowest BCUT2D eigenvalue weighted by molar-refractivity contribution is -0.168. The van der Waals surface area contributed by atoms with Gasteiger partial charge in [0.15, 0.2) is 5.82 Å². The first-order valence-electron chi connectivity index (χ1n) is 11.0. The molecule has 1 atom stereocenters. The molecule has 2 aliphatic heterocycles. The molecule has 2 aromatic heterocycles. The van der Waals surface area contributed by atoms with Crippen molar-refractivity contribution in [3.05, 3.63) is 46.4 Å². The zero-order valence-corrected chi connectivity index (χ0v) is 19.7. The highest BCUT2D eigenvalue weighted by atomic mass is 32.3. The molecule has 4 N–H and O–H groups in total. The molecular formula is C22H24N6O6S. The summed E-state index contributed by atoms with van der Waals surface area (Å²) in [5, 5.41) is 17.7. The van der Waals surface area contributed by atoms with Crippen molar-refractivity contribution in [3.8, 4) is 6.07 Å². The number of pyridine rings is 1. The fourth-order valence-electron chi connectivity index (χ4n) is 4.64. The summed E-state index contributed by atoms with van der Waals surface area (Å²) in [5.41, 5.74) is 0.644. The maximum Gasteiger partial charge on any atom is 0.324 e. The summed E-state index contributed by atoms with van der Waals surface area (Å²) in [4.78, 5) is 32.0. The summed E-state index contributed by atoms with van der Waals surface area (Å²) in [6.45, 7) is 2.09. The zero-order valence-electron chi connectivity index (χ0n) is 18.9. The number of anilines is 2. The van der Waals surface area contributed by atoms with Crippen LogP contribution in [-0.4, -0.2) is 47.5 Å². The van der Waals surface area contributed by atoms with Gasteiger partial charge in [-0.25, -0.2) is 0 Å². The predicted molar refractivity (Wildman–Crippen MR) is 127 cm³/mol. The molecule has 2 aliphatic rings. The van der Waals surface area contributed by atoms with E-state index < -0.39 is 22.3 Å². The van der Waals surface area contributed by atoms with Crippen LogP contribution in [0, 0.1) is 11.3 Å². The molecule has 1 fully saturated rings. The first-order valence-corrected chi connectivity index (χ1v) is 12.5. The summed E-state index contributed by atoms with van der Waals surface area (Å²) in [6, 6.07) is 8.83. The molecule has 4 heterocycles. The Morgan fingerprint density at radius 1 is 1.43 bits per heavy atom. The maximum atomic E-state index is 12.8. The van der Waals surface area contributed by atoms with Crippen molar-refractivity contribution >= 4 is 39.2 Å². The van der Waals surface area contributed by atoms with Crippen LogP contribution in [-0.2, 0) is 26.5 Å². The SMILES string of the molecule is CC(=O)ON1Cc2cc(Nc3nn(C4(CC#N)CCCOC4)c4cc[nH]c(=O)c34)ccc2S1(O)O. The van der Waals surface area contributed by atoms with Crippen LogP contribution in [0.4, 0.5) is 11.5 Å². The number of ether oxygens (including phenoxy) is 1. The Labute approximate surface area is 201 Å². The number of rotatable bonds is 5. The van der Waals surface area contributed by atoms with Crippen LogP contribution in [0.2, 0.25) is 0 Å². The molecule has 0 amide bonds. The average molecular weight is 501 g/mol. The maximum absolute atomic E-state index is 12.8. The van der Waals surface area contributed by atoms with Gasteiger partial charge < -0.3 is 19.9 Å². The third-order valence-electron chi connectivity index (χ3n) is 6.19. The Hall–Kier alpha value is -3.41. The molecule has 5 rings (SSSR count). The monoisotopic (exact) mass is 500 g/mol. The van der Waals surface area contributed by atoms with Crippen molar-refractivity contribution in [2.45, 2.75) is 43.2 Å². The number of fused-ring (bicyclic) bond motifs is 2. The van der Waals surface area contributed by atoms with Gasteiger partial charge in [0.2, 0.25) is 0 Å². The Kier molecular flexibility index (Phi) is 5.78. The number of hydrogen-bond acceptors (Lipinski definition) is 10. The minimum Gasteiger partial charge on any atom is -0.379 e. The molecule has 35 heavy (non-hydrogen) atoms. The predicted octanol–water partition coefficient (Wildman–Crippen LogP) is 3.21. The van der Waals surface area contributed by atoms with Crippen molar-refractivity contribution in [2.24, 2.45) is 0 Å². The number of aromatic amines is 1. The van der Waals surface area contributed by atoms with Crippen LogP contribution in [0.1, 0.15) is 31.7 Å². The van der Waals surface area contributed by atoms with Gasteiger partial charge in [-0.15, -0.1) is 0 Å². The zero-order chi connectivity index (χ0) is 24.8. The number of hydrogen-bond donors (Lipinski definition) is 4. The molecule has 0 radical (unpaired) electrons. The Bertz CT molecular complexity index is 1400. The first kappa shape index (κ1) is 23.3. The number of carbonyl (C=O) groups excluding carboxylic acids is 1. The molecule has 13 heteroatoms. The number of hydroxylamine groups is 1. The van der Waals surface area contributed by atoms with Crippen LogP contribution in [0.3, 0.4) is 0 Å². The number of nitrogens with one attached hydrogen (secondary N) is 2. The second-order valence-electron chi connectivity index (χ2n) is 8.58. The molecule has 0 spiro atoms. The van der Waals surface area contributed by atoms with E-state index in [0.29, 0.717) is 47.6 Å². The number of nitriles is 1. The van der Waals surface area contributed by atoms with Crippen molar-refractivity contribution in [1.29, 1.82) is 5.26 Å². The molecule has 1 saturated heterocycles. The first-order chi connectivity index (χ1) is 16.7. The lowest BCUT2D eigenvalue weighted by atomic mass is 9.89. The molecule has 0 aliphatic carbocycles. The van der Waals surface area contributed by atoms with Crippen LogP contribution in [0.5, 0.6) is 0 Å². The molecule has 0 saturated carbocycles. The number of carbonyl (C=O) groups is 1. The van der Waals surface area contributed by atoms with E-state index in [0.717, 1.165) is 10.9 Å². The molecule has 0 bridgehead atoms. The van der Waals surface area contributed by atoms with Gasteiger partial charge in [-0.2, -0.15) is 10.4 Å². The molecule has 184 valence electrons. The van der Waals surface area contributed by atoms with E-state index in [1.54, 1.807) is 29.1 Å². The summed E-state index contributed by atoms with van der Waals surface area (Å²) < 4.78 is 29.3. The van der Waals surface area contributed by atoms with Crippen LogP contribution < -0.4 is 10.9 Å². The second kappa shape index (κ2) is 8.67. The van der Waals surface area contributed by atoms with E-state index in [-0.39, 0.29) is 23.4 Å². The third-order valence-corrected chi connectivity index (χ3v) is 7.95. The van der Waals surface area contributed by atoms with Crippen molar-refractivity contribution in [3.63, 3.8) is 0 Å². The fourth-order valence-corrected chi connectivity index (χ4v) is 6.12. The van der Waals surface area contributed by atoms with Gasteiger partial charge in [-0.3, -0.25) is 23.4 Å². The standard InChI is InChI=1S/C22H24N6O6S/c1-14(29)34-27-12-15-11-16(3-4-18(15)35(27,31)32)25-20-19-17(5-9-24-21(19)30)28(26-20)22(7-8-23)6-2-10-33-13-22/h3-5,9,11,31-32H,2,6-7,10,12-13H2,1H3,(H,24,30)(H,25,26). The number of aromatic nitrogens is 3. The van der Waals surface area contributed by atoms with E-state index in [1.165, 1.54) is 13.0 Å². The highest BCUT2D eigenvalue weighted by Crippen LogP contribution is 2.59. The van der Waals surface area contributed by atoms with E-state index in [9.17, 15) is 24.0 Å². The lowest BCUT2D eigenvalue weighted by Crippen LogP contribution is -2.42. The van der Waals surface area contributed by atoms with Crippen LogP contribution in [0.25, 0.3) is 10.9 Å². The van der Waals surface area contributed by atoms with Gasteiger partial charge >= 0.3 is 5.97 Å². The highest BCUT2D eigenvalue weighted by Gasteiger charge is 2.39. The fraction of sp³-hybridized carbons (Fsp3) is 0.364. The van der Waals surface area contributed by atoms with Gasteiger partial charge in [0.25, 0.3) is 5.56 Å². The average Bonchev–Trinajstić information content (AvgIpc) is 3.30. The molecule has 12 nitrogen and oxygen atoms in total. The van der Waals surface area contributed by atoms with E-state index >= 15 is 0 Å². The van der Waals surface area contributed by atoms with Gasteiger partial charge in [0, 0.05) is 25.4 Å². The van der Waals surface area contributed by atoms with Gasteiger partial charge in [0.05, 0.1) is 41.6 Å². The molecule has 1 aromatic carbocycles. The second-order valence-corrected chi connectivity index (χ2v) is 10.5. The topological polar surface area (TPSA) is 166 Å². The highest BCUT2D eigenvalue weighted by molar-refractivity contribution is 8.22. The minimum atomic E-state index is -3.45. The molecule has 1 unspecified atom stereocenters. The van der Waals surface area contributed by atoms with E-state index in [4.69, 9.17) is 14.7 Å². The molecular weight excluding hydrogens is 476 g/mol. The third kappa shape index (κ3) is 3.95.